The third-order valence-corrected chi connectivity index (χ3v) is 4.25. The molecule has 0 aromatic heterocycles. The van der Waals surface area contributed by atoms with E-state index in [0.717, 1.165) is 37.0 Å². The molecule has 158 valence electrons. The molecule has 1 aliphatic rings. The Bertz CT molecular complexity index is 580. The van der Waals surface area contributed by atoms with Crippen LogP contribution < -0.4 is 14.8 Å². The van der Waals surface area contributed by atoms with Crippen molar-refractivity contribution in [2.75, 3.05) is 34.9 Å². The Morgan fingerprint density at radius 3 is 1.97 bits per heavy atom. The Labute approximate surface area is 184 Å². The first kappa shape index (κ1) is 32.2. The zero-order valence-electron chi connectivity index (χ0n) is 16.9. The van der Waals surface area contributed by atoms with Crippen molar-refractivity contribution in [3.8, 4) is 11.5 Å². The minimum atomic E-state index is -0.0510. The fourth-order valence-corrected chi connectivity index (χ4v) is 2.85. The number of hydrogen-bond acceptors (Lipinski definition) is 4. The molecule has 1 N–H and O–H groups in total. The van der Waals surface area contributed by atoms with Crippen LogP contribution in [-0.2, 0) is 41.2 Å². The maximum atomic E-state index is 7.50. The van der Waals surface area contributed by atoms with Crippen LogP contribution in [0, 0.1) is 45.3 Å². The van der Waals surface area contributed by atoms with Crippen molar-refractivity contribution in [1.82, 2.24) is 5.32 Å². The molecule has 0 saturated heterocycles. The predicted octanol–water partition coefficient (Wildman–Crippen LogP) is 2.63. The second-order valence-electron chi connectivity index (χ2n) is 5.43. The maximum Gasteiger partial charge on any atom is 0 e. The molecule has 0 spiro atoms. The van der Waals surface area contributed by atoms with Gasteiger partial charge in [-0.05, 0) is 57.0 Å². The van der Waals surface area contributed by atoms with Crippen molar-refractivity contribution in [2.45, 2.75) is 18.3 Å². The molecule has 7 nitrogen and oxygen atoms in total. The SMILES string of the molecule is CNCCC1(c2ccc(OC)c(OC)c2)[CH][CH][C](OC)[CH]C1.[C-]#[O+].[C-]#[O+].[C-]#[O+].[Fe]. The number of benzene rings is 1. The fourth-order valence-electron chi connectivity index (χ4n) is 2.85. The van der Waals surface area contributed by atoms with Crippen molar-refractivity contribution in [1.29, 1.82) is 0 Å². The van der Waals surface area contributed by atoms with E-state index in [1.807, 2.05) is 13.1 Å². The molecular weight excluding hydrogens is 418 g/mol. The van der Waals surface area contributed by atoms with Crippen molar-refractivity contribution in [3.05, 3.63) is 69.1 Å². The molecule has 2 rings (SSSR count). The van der Waals surface area contributed by atoms with Gasteiger partial charge in [0.15, 0.2) is 11.5 Å². The number of hydrogen-bond donors (Lipinski definition) is 1. The molecule has 0 bridgehead atoms. The van der Waals surface area contributed by atoms with Crippen molar-refractivity contribution >= 4 is 0 Å². The van der Waals surface area contributed by atoms with Crippen LogP contribution >= 0.6 is 0 Å². The summed E-state index contributed by atoms with van der Waals surface area (Å²) in [6, 6.07) is 6.16. The standard InChI is InChI=1S/C18H25NO3.3CO.Fe/c1-19-12-11-18(9-7-15(20-2)8-10-18)14-5-6-16(21-3)17(13-14)22-4;3*1-2;/h5-9,13,19H,10-12H2,1-4H3;;;;. The molecule has 1 aromatic rings. The van der Waals surface area contributed by atoms with Gasteiger partial charge >= 0.3 is 33.9 Å². The Morgan fingerprint density at radius 2 is 1.55 bits per heavy atom. The molecule has 4 radical (unpaired) electrons. The summed E-state index contributed by atoms with van der Waals surface area (Å²) >= 11 is 0. The molecule has 1 atom stereocenters. The summed E-state index contributed by atoms with van der Waals surface area (Å²) in [5, 5.41) is 3.24. The molecule has 1 saturated carbocycles. The third kappa shape index (κ3) is 9.68. The normalized spacial score (nSPS) is 14.0. The van der Waals surface area contributed by atoms with E-state index in [4.69, 9.17) is 28.2 Å². The zero-order chi connectivity index (χ0) is 22.0. The Balaban J connectivity index is -0.000000883. The van der Waals surface area contributed by atoms with E-state index in [0.29, 0.717) is 0 Å². The summed E-state index contributed by atoms with van der Waals surface area (Å²) in [5.41, 5.74) is 1.17. The first-order chi connectivity index (χ1) is 13.7. The molecule has 1 unspecified atom stereocenters. The van der Waals surface area contributed by atoms with Gasteiger partial charge in [0.25, 0.3) is 0 Å². The van der Waals surface area contributed by atoms with Crippen LogP contribution in [0.3, 0.4) is 0 Å². The van der Waals surface area contributed by atoms with Crippen molar-refractivity contribution in [3.63, 3.8) is 0 Å². The minimum absolute atomic E-state index is 0. The average molecular weight is 443 g/mol. The van der Waals surface area contributed by atoms with Gasteiger partial charge in [0.1, 0.15) is 6.10 Å². The maximum absolute atomic E-state index is 7.50. The molecule has 1 aromatic carbocycles. The van der Waals surface area contributed by atoms with Crippen molar-refractivity contribution < 1.29 is 45.2 Å². The monoisotopic (exact) mass is 443 g/mol. The fraction of sp³-hybridized carbons (Fsp3) is 0.381. The van der Waals surface area contributed by atoms with E-state index in [-0.39, 0.29) is 22.5 Å². The number of ether oxygens (including phenoxy) is 3. The second kappa shape index (κ2) is 19.8. The second-order valence-corrected chi connectivity index (χ2v) is 5.43. The molecule has 0 amide bonds. The first-order valence-corrected chi connectivity index (χ1v) is 8.11. The van der Waals surface area contributed by atoms with Crippen LogP contribution in [0.1, 0.15) is 18.4 Å². The molecule has 1 aliphatic carbocycles. The van der Waals surface area contributed by atoms with Crippen LogP contribution in [0.25, 0.3) is 0 Å². The van der Waals surface area contributed by atoms with Crippen LogP contribution in [0.2, 0.25) is 0 Å². The van der Waals surface area contributed by atoms with Crippen LogP contribution in [0.4, 0.5) is 0 Å². The van der Waals surface area contributed by atoms with Gasteiger partial charge in [0, 0.05) is 36.0 Å². The Kier molecular flexibility index (Phi) is 21.9. The summed E-state index contributed by atoms with van der Waals surface area (Å²) in [6.07, 6.45) is 9.26. The molecule has 0 aliphatic heterocycles. The molecule has 8 heteroatoms. The van der Waals surface area contributed by atoms with E-state index < -0.39 is 0 Å². The van der Waals surface area contributed by atoms with E-state index in [1.54, 1.807) is 21.3 Å². The summed E-state index contributed by atoms with van der Waals surface area (Å²) in [7, 11) is 7.00. The topological polar surface area (TPSA) is 99.4 Å². The largest absolute Gasteiger partial charge is 0 e. The molecular formula is C21H25FeNO6. The van der Waals surface area contributed by atoms with Gasteiger partial charge in [-0.2, -0.15) is 0 Å². The van der Waals surface area contributed by atoms with Gasteiger partial charge in [-0.1, -0.05) is 6.07 Å². The zero-order valence-corrected chi connectivity index (χ0v) is 18.0. The molecule has 29 heavy (non-hydrogen) atoms. The molecule has 0 heterocycles. The van der Waals surface area contributed by atoms with Gasteiger partial charge in [-0.15, -0.1) is 0 Å². The van der Waals surface area contributed by atoms with Crippen LogP contribution in [0.15, 0.2) is 18.2 Å². The van der Waals surface area contributed by atoms with E-state index in [2.05, 4.69) is 56.7 Å². The van der Waals surface area contributed by atoms with Gasteiger partial charge in [0.2, 0.25) is 0 Å². The van der Waals surface area contributed by atoms with Gasteiger partial charge in [-0.25, -0.2) is 0 Å². The van der Waals surface area contributed by atoms with Gasteiger partial charge in [0.05, 0.1) is 14.2 Å². The van der Waals surface area contributed by atoms with Gasteiger partial charge in [-0.3, -0.25) is 0 Å². The number of rotatable bonds is 7. The summed E-state index contributed by atoms with van der Waals surface area (Å²) < 4.78 is 38.6. The summed E-state index contributed by atoms with van der Waals surface area (Å²) in [5.74, 6) is 1.52. The van der Waals surface area contributed by atoms with Crippen LogP contribution in [0.5, 0.6) is 11.5 Å². The average Bonchev–Trinajstić information content (AvgIpc) is 2.81. The smallest absolute Gasteiger partial charge is 0 e. The number of methoxy groups -OCH3 is 3. The van der Waals surface area contributed by atoms with E-state index in [1.165, 1.54) is 5.56 Å². The Morgan fingerprint density at radius 1 is 0.966 bits per heavy atom. The van der Waals surface area contributed by atoms with Crippen LogP contribution in [-0.4, -0.2) is 34.9 Å². The molecule has 1 fully saturated rings. The third-order valence-electron chi connectivity index (χ3n) is 4.25. The predicted molar refractivity (Wildman–Crippen MR) is 99.3 cm³/mol. The first-order valence-electron chi connectivity index (χ1n) is 8.11. The van der Waals surface area contributed by atoms with Crippen molar-refractivity contribution in [2.24, 2.45) is 0 Å². The quantitative estimate of drug-likeness (QED) is 0.398. The summed E-state index contributed by atoms with van der Waals surface area (Å²) in [4.78, 5) is 0. The van der Waals surface area contributed by atoms with E-state index >= 15 is 0 Å². The summed E-state index contributed by atoms with van der Waals surface area (Å²) in [6.45, 7) is 14.4. The van der Waals surface area contributed by atoms with E-state index in [9.17, 15) is 0 Å². The minimum Gasteiger partial charge on any atom is 0 e. The Hall–Kier alpha value is -1.52. The number of nitrogens with one attached hydrogen (secondary N) is 1. The van der Waals surface area contributed by atoms with Gasteiger partial charge < -0.3 is 19.5 Å².